The Bertz CT molecular complexity index is 1130. The molecule has 186 valence electrons. The van der Waals surface area contributed by atoms with E-state index in [0.29, 0.717) is 24.3 Å². The van der Waals surface area contributed by atoms with E-state index in [1.54, 1.807) is 24.3 Å². The minimum atomic E-state index is -1.67. The summed E-state index contributed by atoms with van der Waals surface area (Å²) in [5.74, 6) is -0.827. The summed E-state index contributed by atoms with van der Waals surface area (Å²) in [6, 6.07) is 24.6. The molecule has 0 atom stereocenters. The summed E-state index contributed by atoms with van der Waals surface area (Å²) in [5.41, 5.74) is 0.967. The van der Waals surface area contributed by atoms with E-state index in [1.807, 2.05) is 42.5 Å². The molecule has 0 fully saturated rings. The van der Waals surface area contributed by atoms with Gasteiger partial charge < -0.3 is 0 Å². The molecular formula is C21H14Cl4O6SSe3. The maximum Gasteiger partial charge on any atom is 0.373 e. The van der Waals surface area contributed by atoms with E-state index in [9.17, 15) is 9.59 Å². The van der Waals surface area contributed by atoms with E-state index in [2.05, 4.69) is 33.5 Å². The molecule has 0 aliphatic heterocycles. The van der Waals surface area contributed by atoms with Gasteiger partial charge >= 0.3 is 197 Å². The molecule has 0 amide bonds. The van der Waals surface area contributed by atoms with Crippen LogP contribution in [0.3, 0.4) is 0 Å². The van der Waals surface area contributed by atoms with E-state index in [4.69, 9.17) is 40.6 Å². The molecular weight excluding hydrogens is 759 g/mol. The number of hydrogen-bond donors (Lipinski definition) is 1. The van der Waals surface area contributed by atoms with E-state index in [-0.39, 0.29) is 33.3 Å². The average Bonchev–Trinajstić information content (AvgIpc) is 2.84. The molecule has 35 heavy (non-hydrogen) atoms. The van der Waals surface area contributed by atoms with Crippen LogP contribution in [-0.2, 0) is 18.8 Å². The molecule has 3 aromatic rings. The van der Waals surface area contributed by atoms with Gasteiger partial charge in [-0.15, -0.1) is 0 Å². The number of hydrogen-bond acceptors (Lipinski definition) is 5. The van der Waals surface area contributed by atoms with Gasteiger partial charge in [0.25, 0.3) is 0 Å². The molecule has 0 saturated heterocycles. The van der Waals surface area contributed by atoms with Crippen molar-refractivity contribution in [2.75, 3.05) is 0 Å². The summed E-state index contributed by atoms with van der Waals surface area (Å²) in [5, 5.41) is 8.64. The van der Waals surface area contributed by atoms with Gasteiger partial charge in [0.2, 0.25) is 9.23 Å². The number of carboxylic acids is 1. The largest absolute Gasteiger partial charge is 0.373 e. The minimum absolute atomic E-state index is 0.193. The van der Waals surface area contributed by atoms with Crippen LogP contribution in [0.2, 0.25) is 0 Å². The Morgan fingerprint density at radius 3 is 1.63 bits per heavy atom. The SMILES string of the molecule is O=C(Cl)c1ccccc1[Se]Cl.O=C(O)c1ccccc1[Se][Se]c1ccccc1.O=C=O.O=S(Cl)Cl. The molecule has 6 nitrogen and oxygen atoms in total. The Kier molecular flexibility index (Phi) is 20.6. The topological polar surface area (TPSA) is 106 Å². The second-order valence-corrected chi connectivity index (χ2v) is 16.6. The normalized spacial score (nSPS) is 9.17. The van der Waals surface area contributed by atoms with Gasteiger partial charge in [-0.1, -0.05) is 0 Å². The van der Waals surface area contributed by atoms with Gasteiger partial charge in [-0.25, -0.2) is 4.21 Å². The first-order valence-electron chi connectivity index (χ1n) is 8.70. The monoisotopic (exact) mass is 774 g/mol. The molecule has 14 heteroatoms. The fourth-order valence-corrected chi connectivity index (χ4v) is 10.3. The van der Waals surface area contributed by atoms with Crippen molar-refractivity contribution < 1.29 is 28.5 Å². The molecule has 0 aromatic heterocycles. The van der Waals surface area contributed by atoms with Crippen LogP contribution in [0.4, 0.5) is 0 Å². The number of aromatic carboxylic acids is 1. The molecule has 3 rings (SSSR count). The number of halogens is 4. The van der Waals surface area contributed by atoms with Crippen molar-refractivity contribution in [1.82, 2.24) is 0 Å². The second-order valence-electron chi connectivity index (χ2n) is 5.40. The zero-order valence-electron chi connectivity index (χ0n) is 17.1. The standard InChI is InChI=1S/C13H10O2Se2.C7H4Cl2OSe.CO2.Cl2OS/c14-13(15)11-8-4-5-9-12(11)17-16-10-6-2-1-3-7-10;8-7(10)5-3-1-2-4-6(5)11-9;2-1-3;1-4(2)3/h1-9H,(H,14,15);1-4H;;. The summed E-state index contributed by atoms with van der Waals surface area (Å²) in [4.78, 5) is 38.0. The molecule has 0 bridgehead atoms. The maximum atomic E-state index is 11.1. The Morgan fingerprint density at radius 1 is 0.771 bits per heavy atom. The van der Waals surface area contributed by atoms with Gasteiger partial charge in [0, 0.05) is 21.4 Å². The van der Waals surface area contributed by atoms with Crippen molar-refractivity contribution in [3.63, 3.8) is 0 Å². The third-order valence-corrected chi connectivity index (χ3v) is 12.7. The summed E-state index contributed by atoms with van der Waals surface area (Å²) < 4.78 is 12.2. The number of carbonyl (C=O) groups is 2. The summed E-state index contributed by atoms with van der Waals surface area (Å²) >= 11 is 5.68. The van der Waals surface area contributed by atoms with E-state index in [0.717, 1.165) is 8.92 Å². The molecule has 3 aromatic carbocycles. The smallest absolute Gasteiger partial charge is 0.225 e. The maximum absolute atomic E-state index is 11.1. The van der Waals surface area contributed by atoms with Crippen molar-refractivity contribution in [2.45, 2.75) is 0 Å². The van der Waals surface area contributed by atoms with Gasteiger partial charge in [0.15, 0.2) is 0 Å². The Morgan fingerprint density at radius 2 is 1.20 bits per heavy atom. The van der Waals surface area contributed by atoms with Gasteiger partial charge in [0.1, 0.15) is 0 Å². The van der Waals surface area contributed by atoms with Crippen molar-refractivity contribution in [2.24, 2.45) is 0 Å². The Hall–Kier alpha value is -0.952. The van der Waals surface area contributed by atoms with Crippen LogP contribution in [0.15, 0.2) is 78.9 Å². The van der Waals surface area contributed by atoms with Crippen molar-refractivity contribution >= 4 is 123 Å². The third kappa shape index (κ3) is 16.4. The number of rotatable bonds is 6. The minimum Gasteiger partial charge on any atom is -0.225 e. The first-order chi connectivity index (χ1) is 16.7. The van der Waals surface area contributed by atoms with Crippen LogP contribution in [0, 0.1) is 0 Å². The second kappa shape index (κ2) is 21.2. The molecule has 0 aliphatic carbocycles. The van der Waals surface area contributed by atoms with Crippen LogP contribution in [-0.4, -0.2) is 67.0 Å². The van der Waals surface area contributed by atoms with E-state index in [1.165, 1.54) is 4.46 Å². The van der Waals surface area contributed by atoms with Crippen molar-refractivity contribution in [1.29, 1.82) is 0 Å². The molecule has 1 N–H and O–H groups in total. The predicted octanol–water partition coefficient (Wildman–Crippen LogP) is 2.67. The molecule has 0 unspecified atom stereocenters. The van der Waals surface area contributed by atoms with Crippen LogP contribution in [0.1, 0.15) is 20.7 Å². The quantitative estimate of drug-likeness (QED) is 0.306. The van der Waals surface area contributed by atoms with E-state index >= 15 is 0 Å². The van der Waals surface area contributed by atoms with Crippen molar-refractivity contribution in [3.05, 3.63) is 90.0 Å². The number of benzene rings is 3. The number of carbonyl (C=O) groups excluding carboxylic acids is 3. The first-order valence-corrected chi connectivity index (χ1v) is 21.0. The van der Waals surface area contributed by atoms with E-state index < -0.39 is 20.4 Å². The van der Waals surface area contributed by atoms with Crippen LogP contribution >= 0.6 is 43.1 Å². The van der Waals surface area contributed by atoms with Gasteiger partial charge in [-0.2, -0.15) is 9.59 Å². The van der Waals surface area contributed by atoms with Gasteiger partial charge in [-0.05, 0) is 0 Å². The van der Waals surface area contributed by atoms with Crippen LogP contribution < -0.4 is 13.4 Å². The van der Waals surface area contributed by atoms with Crippen molar-refractivity contribution in [3.8, 4) is 0 Å². The Labute approximate surface area is 239 Å². The summed E-state index contributed by atoms with van der Waals surface area (Å²) in [7, 11) is 13.0. The van der Waals surface area contributed by atoms with Gasteiger partial charge in [-0.3, -0.25) is 0 Å². The zero-order valence-corrected chi connectivity index (χ0v) is 26.1. The average molecular weight is 773 g/mol. The summed E-state index contributed by atoms with van der Waals surface area (Å²) in [6.45, 7) is 0. The van der Waals surface area contributed by atoms with Gasteiger partial charge in [0.05, 0.1) is 0 Å². The molecule has 0 radical (unpaired) electrons. The zero-order chi connectivity index (χ0) is 26.6. The Balaban J connectivity index is 0.000000550. The van der Waals surface area contributed by atoms with Crippen LogP contribution in [0.25, 0.3) is 0 Å². The molecule has 0 heterocycles. The number of carboxylic acid groups (broad SMARTS) is 1. The first kappa shape index (κ1) is 34.0. The fraction of sp³-hybridized carbons (Fsp3) is 0. The third-order valence-electron chi connectivity index (χ3n) is 3.27. The fourth-order valence-electron chi connectivity index (χ4n) is 1.98. The van der Waals surface area contributed by atoms with Crippen LogP contribution in [0.5, 0.6) is 0 Å². The summed E-state index contributed by atoms with van der Waals surface area (Å²) in [6.07, 6.45) is 0.250. The molecule has 0 saturated carbocycles. The molecule has 0 aliphatic rings. The molecule has 0 spiro atoms. The predicted molar refractivity (Wildman–Crippen MR) is 143 cm³/mol.